The van der Waals surface area contributed by atoms with Crippen LogP contribution in [0.4, 0.5) is 21.8 Å². The van der Waals surface area contributed by atoms with Gasteiger partial charge in [-0.2, -0.15) is 0 Å². The summed E-state index contributed by atoms with van der Waals surface area (Å²) in [6.07, 6.45) is 5.08. The lowest BCUT2D eigenvalue weighted by molar-refractivity contribution is 0.0322. The number of ether oxygens (including phenoxy) is 3. The molecule has 5 heterocycles. The van der Waals surface area contributed by atoms with Crippen molar-refractivity contribution < 1.29 is 18.6 Å². The number of hydrogen-bond donors (Lipinski definition) is 1. The van der Waals surface area contributed by atoms with Gasteiger partial charge in [0.1, 0.15) is 29.5 Å². The summed E-state index contributed by atoms with van der Waals surface area (Å²) in [6.45, 7) is 7.59. The topological polar surface area (TPSA) is 97.8 Å². The third-order valence-electron chi connectivity index (χ3n) is 6.81. The molecule has 2 saturated heterocycles. The Morgan fingerprint density at radius 2 is 1.72 bits per heavy atom. The SMILES string of the molecule is Fc1ccc(OCCN2CCOCC2)cc1-c1nccc2cnc(Nc3ccc(N4CCOCC4)nc3)nc12. The lowest BCUT2D eigenvalue weighted by Crippen LogP contribution is -2.38. The summed E-state index contributed by atoms with van der Waals surface area (Å²) >= 11 is 0. The zero-order valence-corrected chi connectivity index (χ0v) is 21.6. The Hall–Kier alpha value is -3.93. The van der Waals surface area contributed by atoms with Gasteiger partial charge >= 0.3 is 0 Å². The second kappa shape index (κ2) is 11.9. The Bertz CT molecular complexity index is 1410. The lowest BCUT2D eigenvalue weighted by atomic mass is 10.1. The molecule has 1 aromatic carbocycles. The van der Waals surface area contributed by atoms with Gasteiger partial charge < -0.3 is 24.4 Å². The number of fused-ring (bicyclic) bond motifs is 1. The number of nitrogens with one attached hydrogen (secondary N) is 1. The van der Waals surface area contributed by atoms with Gasteiger partial charge in [0.25, 0.3) is 0 Å². The average Bonchev–Trinajstić information content (AvgIpc) is 2.99. The molecule has 0 saturated carbocycles. The highest BCUT2D eigenvalue weighted by Crippen LogP contribution is 2.31. The largest absolute Gasteiger partial charge is 0.492 e. The van der Waals surface area contributed by atoms with E-state index in [9.17, 15) is 0 Å². The van der Waals surface area contributed by atoms with E-state index in [0.717, 1.165) is 62.8 Å². The predicted octanol–water partition coefficient (Wildman–Crippen LogP) is 3.52. The zero-order chi connectivity index (χ0) is 26.4. The van der Waals surface area contributed by atoms with Crippen LogP contribution in [0.1, 0.15) is 0 Å². The fourth-order valence-electron chi connectivity index (χ4n) is 4.67. The minimum Gasteiger partial charge on any atom is -0.492 e. The number of pyridine rings is 2. The van der Waals surface area contributed by atoms with Crippen LogP contribution in [-0.4, -0.2) is 90.6 Å². The second-order valence-corrected chi connectivity index (χ2v) is 9.36. The Kier molecular flexibility index (Phi) is 7.70. The van der Waals surface area contributed by atoms with Crippen molar-refractivity contribution in [1.29, 1.82) is 0 Å². The molecule has 2 aliphatic heterocycles. The number of halogens is 1. The van der Waals surface area contributed by atoms with Crippen LogP contribution < -0.4 is 15.0 Å². The van der Waals surface area contributed by atoms with E-state index in [4.69, 9.17) is 14.2 Å². The fourth-order valence-corrected chi connectivity index (χ4v) is 4.67. The summed E-state index contributed by atoms with van der Waals surface area (Å²) in [5, 5.41) is 3.96. The van der Waals surface area contributed by atoms with Crippen LogP contribution in [0.2, 0.25) is 0 Å². The summed E-state index contributed by atoms with van der Waals surface area (Å²) < 4.78 is 31.8. The van der Waals surface area contributed by atoms with E-state index in [0.29, 0.717) is 48.3 Å². The lowest BCUT2D eigenvalue weighted by Gasteiger charge is -2.27. The minimum atomic E-state index is -0.397. The van der Waals surface area contributed by atoms with Gasteiger partial charge in [0, 0.05) is 56.1 Å². The van der Waals surface area contributed by atoms with Crippen molar-refractivity contribution in [1.82, 2.24) is 24.8 Å². The normalized spacial score (nSPS) is 16.4. The monoisotopic (exact) mass is 531 g/mol. The molecule has 0 aliphatic carbocycles. The molecule has 2 fully saturated rings. The Labute approximate surface area is 225 Å². The van der Waals surface area contributed by atoms with Crippen LogP contribution in [0.3, 0.4) is 0 Å². The molecular formula is C28H30FN7O3. The van der Waals surface area contributed by atoms with Crippen molar-refractivity contribution in [2.24, 2.45) is 0 Å². The van der Waals surface area contributed by atoms with Crippen molar-refractivity contribution in [3.05, 3.63) is 60.8 Å². The first-order chi connectivity index (χ1) is 19.2. The highest BCUT2D eigenvalue weighted by atomic mass is 19.1. The molecule has 2 aliphatic rings. The Balaban J connectivity index is 1.20. The molecule has 0 spiro atoms. The molecule has 6 rings (SSSR count). The molecule has 0 amide bonds. The number of anilines is 3. The van der Waals surface area contributed by atoms with E-state index in [2.05, 4.69) is 35.1 Å². The molecule has 11 heteroatoms. The van der Waals surface area contributed by atoms with Crippen molar-refractivity contribution in [2.75, 3.05) is 76.0 Å². The van der Waals surface area contributed by atoms with E-state index in [-0.39, 0.29) is 0 Å². The van der Waals surface area contributed by atoms with Gasteiger partial charge in [0.05, 0.1) is 44.0 Å². The number of nitrogens with zero attached hydrogens (tertiary/aromatic N) is 6. The third kappa shape index (κ3) is 6.06. The molecule has 3 aromatic heterocycles. The van der Waals surface area contributed by atoms with E-state index >= 15 is 4.39 Å². The van der Waals surface area contributed by atoms with Crippen LogP contribution in [0.25, 0.3) is 22.2 Å². The Morgan fingerprint density at radius 1 is 0.897 bits per heavy atom. The van der Waals surface area contributed by atoms with Gasteiger partial charge in [0.2, 0.25) is 5.95 Å². The van der Waals surface area contributed by atoms with Crippen LogP contribution in [0.15, 0.2) is 55.0 Å². The summed E-state index contributed by atoms with van der Waals surface area (Å²) in [7, 11) is 0. The summed E-state index contributed by atoms with van der Waals surface area (Å²) in [5.74, 6) is 1.46. The van der Waals surface area contributed by atoms with E-state index in [1.165, 1.54) is 6.07 Å². The second-order valence-electron chi connectivity index (χ2n) is 9.36. The number of rotatable bonds is 8. The fraction of sp³-hybridized carbons (Fsp3) is 0.357. The van der Waals surface area contributed by atoms with Gasteiger partial charge in [0.15, 0.2) is 0 Å². The molecule has 0 bridgehead atoms. The molecule has 0 radical (unpaired) electrons. The first kappa shape index (κ1) is 25.4. The number of aromatic nitrogens is 4. The quantitative estimate of drug-likeness (QED) is 0.364. The van der Waals surface area contributed by atoms with Gasteiger partial charge in [-0.05, 0) is 36.4 Å². The van der Waals surface area contributed by atoms with Crippen LogP contribution >= 0.6 is 0 Å². The van der Waals surface area contributed by atoms with Crippen LogP contribution in [0, 0.1) is 5.82 Å². The summed E-state index contributed by atoms with van der Waals surface area (Å²) in [4.78, 5) is 22.7. The zero-order valence-electron chi connectivity index (χ0n) is 21.6. The van der Waals surface area contributed by atoms with E-state index < -0.39 is 5.82 Å². The molecule has 39 heavy (non-hydrogen) atoms. The predicted molar refractivity (Wildman–Crippen MR) is 146 cm³/mol. The van der Waals surface area contributed by atoms with Crippen molar-refractivity contribution in [2.45, 2.75) is 0 Å². The van der Waals surface area contributed by atoms with Gasteiger partial charge in [-0.15, -0.1) is 0 Å². The molecule has 202 valence electrons. The van der Waals surface area contributed by atoms with Gasteiger partial charge in [-0.3, -0.25) is 9.88 Å². The Morgan fingerprint density at radius 3 is 2.51 bits per heavy atom. The molecule has 1 N–H and O–H groups in total. The molecular weight excluding hydrogens is 501 g/mol. The van der Waals surface area contributed by atoms with Crippen LogP contribution in [-0.2, 0) is 9.47 Å². The van der Waals surface area contributed by atoms with E-state index in [1.807, 2.05) is 18.2 Å². The molecule has 10 nitrogen and oxygen atoms in total. The van der Waals surface area contributed by atoms with Crippen molar-refractivity contribution in [3.8, 4) is 17.0 Å². The summed E-state index contributed by atoms with van der Waals surface area (Å²) in [5.41, 5.74) is 2.04. The minimum absolute atomic E-state index is 0.325. The molecule has 4 aromatic rings. The maximum absolute atomic E-state index is 15.0. The van der Waals surface area contributed by atoms with Crippen molar-refractivity contribution in [3.63, 3.8) is 0 Å². The number of benzene rings is 1. The summed E-state index contributed by atoms with van der Waals surface area (Å²) in [6, 6.07) is 10.4. The molecule has 0 unspecified atom stereocenters. The number of morpholine rings is 2. The average molecular weight is 532 g/mol. The van der Waals surface area contributed by atoms with Crippen molar-refractivity contribution >= 4 is 28.4 Å². The van der Waals surface area contributed by atoms with E-state index in [1.54, 1.807) is 30.7 Å². The third-order valence-corrected chi connectivity index (χ3v) is 6.81. The highest BCUT2D eigenvalue weighted by Gasteiger charge is 2.16. The number of hydrogen-bond acceptors (Lipinski definition) is 10. The van der Waals surface area contributed by atoms with Crippen LogP contribution in [0.5, 0.6) is 5.75 Å². The maximum Gasteiger partial charge on any atom is 0.227 e. The van der Waals surface area contributed by atoms with Gasteiger partial charge in [-0.25, -0.2) is 19.3 Å². The first-order valence-electron chi connectivity index (χ1n) is 13.1. The maximum atomic E-state index is 15.0. The first-order valence-corrected chi connectivity index (χ1v) is 13.1. The molecule has 0 atom stereocenters. The van der Waals surface area contributed by atoms with Gasteiger partial charge in [-0.1, -0.05) is 0 Å². The highest BCUT2D eigenvalue weighted by molar-refractivity contribution is 5.91. The smallest absolute Gasteiger partial charge is 0.227 e. The standard InChI is InChI=1S/C28H30FN7O3/c29-24-3-2-22(39-16-9-35-7-12-37-13-8-35)17-23(24)27-26-20(5-6-30-27)18-32-28(34-26)33-21-1-4-25(31-19-21)36-10-14-38-15-11-36/h1-6,17-19H,7-16H2,(H,32,33,34).